The second-order valence-corrected chi connectivity index (χ2v) is 14.5. The molecule has 0 aliphatic carbocycles. The van der Waals surface area contributed by atoms with Crippen molar-refractivity contribution in [3.05, 3.63) is 70.8 Å². The van der Waals surface area contributed by atoms with Crippen LogP contribution in [0, 0.1) is 11.6 Å². The number of hydrogen-bond acceptors (Lipinski definition) is 9. The molecule has 13 heteroatoms. The van der Waals surface area contributed by atoms with Crippen LogP contribution in [-0.2, 0) is 43.5 Å². The van der Waals surface area contributed by atoms with E-state index in [1.165, 1.54) is 0 Å². The van der Waals surface area contributed by atoms with Gasteiger partial charge in [0.05, 0.1) is 11.0 Å². The van der Waals surface area contributed by atoms with E-state index in [1.807, 2.05) is 45.0 Å². The first kappa shape index (κ1) is 38.3. The highest BCUT2D eigenvalue weighted by atomic mass is 32.2. The summed E-state index contributed by atoms with van der Waals surface area (Å²) >= 11 is 0. The van der Waals surface area contributed by atoms with E-state index in [4.69, 9.17) is 15.2 Å². The van der Waals surface area contributed by atoms with Crippen LogP contribution in [-0.4, -0.2) is 75.4 Å². The highest BCUT2D eigenvalue weighted by Gasteiger charge is 2.36. The van der Waals surface area contributed by atoms with Crippen molar-refractivity contribution in [3.8, 4) is 0 Å². The number of alkyl carbamates (subject to hydrolysis) is 1. The largest absolute Gasteiger partial charge is 0.458 e. The van der Waals surface area contributed by atoms with Crippen molar-refractivity contribution in [3.63, 3.8) is 0 Å². The number of halogens is 2. The van der Waals surface area contributed by atoms with E-state index in [0.29, 0.717) is 51.7 Å². The van der Waals surface area contributed by atoms with Crippen LogP contribution >= 0.6 is 0 Å². The van der Waals surface area contributed by atoms with Crippen LogP contribution in [0.3, 0.4) is 0 Å². The van der Waals surface area contributed by atoms with E-state index < -0.39 is 68.8 Å². The third-order valence-corrected chi connectivity index (χ3v) is 10.5. The summed E-state index contributed by atoms with van der Waals surface area (Å²) in [5.74, 6) is -3.21. The van der Waals surface area contributed by atoms with Gasteiger partial charge in [-0.1, -0.05) is 57.9 Å². The van der Waals surface area contributed by atoms with Gasteiger partial charge in [-0.3, -0.25) is 0 Å². The fraction of sp³-hybridized carbons (Fsp3) is 0.588. The Labute approximate surface area is 277 Å². The van der Waals surface area contributed by atoms with Crippen molar-refractivity contribution in [2.24, 2.45) is 5.73 Å². The van der Waals surface area contributed by atoms with E-state index in [1.54, 1.807) is 0 Å². The summed E-state index contributed by atoms with van der Waals surface area (Å²) in [5.41, 5.74) is 8.89. The van der Waals surface area contributed by atoms with Gasteiger partial charge in [0.1, 0.15) is 29.9 Å². The van der Waals surface area contributed by atoms with Crippen molar-refractivity contribution in [2.75, 3.05) is 25.4 Å². The summed E-state index contributed by atoms with van der Waals surface area (Å²) in [7, 11) is -3.85. The van der Waals surface area contributed by atoms with Gasteiger partial charge in [0, 0.05) is 31.7 Å². The van der Waals surface area contributed by atoms with Gasteiger partial charge in [-0.15, -0.1) is 0 Å². The molecule has 2 aromatic rings. The summed E-state index contributed by atoms with van der Waals surface area (Å²) in [5, 5.41) is 8.06. The maximum atomic E-state index is 14.0. The Hall–Kier alpha value is -3.13. The molecule has 3 rings (SSSR count). The van der Waals surface area contributed by atoms with Crippen molar-refractivity contribution >= 4 is 21.9 Å². The molecule has 1 heterocycles. The predicted octanol–water partition coefficient (Wildman–Crippen LogP) is 3.94. The molecule has 262 valence electrons. The van der Waals surface area contributed by atoms with Crippen LogP contribution in [0.25, 0.3) is 0 Å². The lowest BCUT2D eigenvalue weighted by Crippen LogP contribution is -2.52. The zero-order valence-electron chi connectivity index (χ0n) is 27.6. The summed E-state index contributed by atoms with van der Waals surface area (Å²) in [4.78, 5) is 26.6. The molecule has 2 aromatic carbocycles. The molecule has 4 atom stereocenters. The van der Waals surface area contributed by atoms with E-state index in [-0.39, 0.29) is 18.5 Å². The third kappa shape index (κ3) is 12.8. The fourth-order valence-corrected chi connectivity index (χ4v) is 7.85. The van der Waals surface area contributed by atoms with Gasteiger partial charge >= 0.3 is 12.1 Å². The van der Waals surface area contributed by atoms with Crippen molar-refractivity contribution in [1.82, 2.24) is 16.0 Å². The number of amides is 1. The van der Waals surface area contributed by atoms with Gasteiger partial charge in [0.25, 0.3) is 0 Å². The zero-order chi connectivity index (χ0) is 34.4. The molecule has 10 nitrogen and oxygen atoms in total. The first-order valence-electron chi connectivity index (χ1n) is 16.5. The monoisotopic (exact) mass is 680 g/mol. The third-order valence-electron chi connectivity index (χ3n) is 8.21. The Morgan fingerprint density at radius 2 is 1.70 bits per heavy atom. The first-order valence-corrected chi connectivity index (χ1v) is 18.2. The topological polar surface area (TPSA) is 149 Å². The molecule has 1 amide bonds. The average Bonchev–Trinajstić information content (AvgIpc) is 3.52. The van der Waals surface area contributed by atoms with Gasteiger partial charge in [-0.2, -0.15) is 0 Å². The minimum absolute atomic E-state index is 0.0399. The minimum atomic E-state index is -3.85. The molecule has 0 spiro atoms. The van der Waals surface area contributed by atoms with Gasteiger partial charge < -0.3 is 31.2 Å². The normalized spacial score (nSPS) is 16.9. The predicted molar refractivity (Wildman–Crippen MR) is 178 cm³/mol. The van der Waals surface area contributed by atoms with Crippen LogP contribution in [0.2, 0.25) is 0 Å². The van der Waals surface area contributed by atoms with Crippen molar-refractivity contribution < 1.29 is 36.3 Å². The van der Waals surface area contributed by atoms with Crippen molar-refractivity contribution in [1.29, 1.82) is 0 Å². The lowest BCUT2D eigenvalue weighted by molar-refractivity contribution is -0.151. The number of nitrogens with two attached hydrogens (primary N) is 1. The molecule has 1 aliphatic heterocycles. The molecule has 1 saturated heterocycles. The fourth-order valence-electron chi connectivity index (χ4n) is 5.70. The summed E-state index contributed by atoms with van der Waals surface area (Å²) in [6.07, 6.45) is 1.10. The SMILES string of the molecule is CCCC(CCC)S(=O)(=O)CC(NC(=O)O[C@@H]1CCNC1)C(=O)O[C@H](CNCc1cccc(CC)c1)[C@@H](N)Cc1cc(F)cc(F)c1. The number of benzene rings is 2. The van der Waals surface area contributed by atoms with Gasteiger partial charge in [0.2, 0.25) is 0 Å². The van der Waals surface area contributed by atoms with E-state index in [9.17, 15) is 26.8 Å². The van der Waals surface area contributed by atoms with Crippen LogP contribution in [0.4, 0.5) is 13.6 Å². The Bertz CT molecular complexity index is 1380. The number of hydrogen-bond donors (Lipinski definition) is 4. The second-order valence-electron chi connectivity index (χ2n) is 12.2. The number of aryl methyl sites for hydroxylation is 1. The number of carbonyl (C=O) groups is 2. The maximum Gasteiger partial charge on any atom is 0.408 e. The molecule has 0 aromatic heterocycles. The van der Waals surface area contributed by atoms with E-state index in [2.05, 4.69) is 16.0 Å². The molecule has 0 bridgehead atoms. The first-order chi connectivity index (χ1) is 22.4. The number of sulfone groups is 1. The number of nitrogens with one attached hydrogen (secondary N) is 3. The smallest absolute Gasteiger partial charge is 0.408 e. The number of rotatable bonds is 19. The lowest BCUT2D eigenvalue weighted by Gasteiger charge is -2.28. The van der Waals surface area contributed by atoms with E-state index >= 15 is 0 Å². The number of ether oxygens (including phenoxy) is 2. The molecule has 0 radical (unpaired) electrons. The molecule has 5 N–H and O–H groups in total. The molecule has 1 fully saturated rings. The standard InChI is InChI=1S/C34H50F2N4O6S/c1-4-8-29(9-5-2)47(43,44)22-31(40-34(42)45-28-12-13-38-20-28)33(41)46-32(21-39-19-24-11-7-10-23(6-3)14-24)30(37)17-25-15-26(35)18-27(36)16-25/h7,10-11,14-16,18,28-32,38-39H,4-6,8-9,12-13,17,19-22,37H2,1-3H3,(H,40,42)/t28-,30+,31?,32-/m1/s1. The Morgan fingerprint density at radius 1 is 1.02 bits per heavy atom. The number of carbonyl (C=O) groups excluding carboxylic acids is 2. The molecule has 1 unspecified atom stereocenters. The Kier molecular flexibility index (Phi) is 15.5. The lowest BCUT2D eigenvalue weighted by atomic mass is 10.0. The molecule has 0 saturated carbocycles. The van der Waals surface area contributed by atoms with Crippen LogP contribution < -0.4 is 21.7 Å². The highest BCUT2D eigenvalue weighted by Crippen LogP contribution is 2.19. The van der Waals surface area contributed by atoms with Gasteiger partial charge in [-0.25, -0.2) is 26.8 Å². The Balaban J connectivity index is 1.84. The van der Waals surface area contributed by atoms with Crippen LogP contribution in [0.5, 0.6) is 0 Å². The highest BCUT2D eigenvalue weighted by molar-refractivity contribution is 7.92. The van der Waals surface area contributed by atoms with E-state index in [0.717, 1.165) is 35.7 Å². The molecular weight excluding hydrogens is 630 g/mol. The van der Waals surface area contributed by atoms with Gasteiger partial charge in [-0.05, 0) is 67.5 Å². The van der Waals surface area contributed by atoms with Crippen LogP contribution in [0.15, 0.2) is 42.5 Å². The average molecular weight is 681 g/mol. The molecular formula is C34H50F2N4O6S. The summed E-state index contributed by atoms with van der Waals surface area (Å²) < 4.78 is 66.3. The summed E-state index contributed by atoms with van der Waals surface area (Å²) in [6, 6.07) is 8.50. The van der Waals surface area contributed by atoms with Gasteiger partial charge in [0.15, 0.2) is 9.84 Å². The maximum absolute atomic E-state index is 14.0. The minimum Gasteiger partial charge on any atom is -0.458 e. The Morgan fingerprint density at radius 3 is 2.32 bits per heavy atom. The quantitative estimate of drug-likeness (QED) is 0.162. The van der Waals surface area contributed by atoms with Crippen LogP contribution in [0.1, 0.15) is 69.6 Å². The second kappa shape index (κ2) is 19.0. The van der Waals surface area contributed by atoms with Crippen molar-refractivity contribution in [2.45, 2.75) is 102 Å². The number of esters is 1. The zero-order valence-corrected chi connectivity index (χ0v) is 28.4. The molecule has 47 heavy (non-hydrogen) atoms. The summed E-state index contributed by atoms with van der Waals surface area (Å²) in [6.45, 7) is 7.39. The molecule has 1 aliphatic rings.